The van der Waals surface area contributed by atoms with Crippen molar-refractivity contribution in [3.63, 3.8) is 0 Å². The predicted molar refractivity (Wildman–Crippen MR) is 97.3 cm³/mol. The van der Waals surface area contributed by atoms with Crippen LogP contribution in [0.15, 0.2) is 40.8 Å². The van der Waals surface area contributed by atoms with Crippen molar-refractivity contribution in [2.24, 2.45) is 0 Å². The van der Waals surface area contributed by atoms with Crippen LogP contribution < -0.4 is 5.32 Å². The van der Waals surface area contributed by atoms with Crippen molar-refractivity contribution in [2.45, 2.75) is 37.0 Å². The van der Waals surface area contributed by atoms with Crippen molar-refractivity contribution < 1.29 is 14.3 Å². The number of carbonyl (C=O) groups is 2. The predicted octanol–water partition coefficient (Wildman–Crippen LogP) is 3.98. The average Bonchev–Trinajstić information content (AvgIpc) is 2.60. The molecule has 0 heterocycles. The Balaban J connectivity index is 1.56. The fourth-order valence-corrected chi connectivity index (χ4v) is 3.23. The van der Waals surface area contributed by atoms with E-state index >= 15 is 0 Å². The van der Waals surface area contributed by atoms with Crippen LogP contribution in [0.1, 0.15) is 32.1 Å². The van der Waals surface area contributed by atoms with Crippen LogP contribution in [0.5, 0.6) is 0 Å². The van der Waals surface area contributed by atoms with Gasteiger partial charge in [-0.3, -0.25) is 9.59 Å². The smallest absolute Gasteiger partial charge is 0.316 e. The Labute approximate surface area is 152 Å². The molecule has 1 N–H and O–H groups in total. The number of thioether (sulfide) groups is 1. The number of esters is 1. The normalized spacial score (nSPS) is 14.0. The summed E-state index contributed by atoms with van der Waals surface area (Å²) in [7, 11) is 0. The second kappa shape index (κ2) is 10.4. The van der Waals surface area contributed by atoms with Crippen LogP contribution in [0.25, 0.3) is 0 Å². The van der Waals surface area contributed by atoms with Crippen molar-refractivity contribution in [1.29, 1.82) is 0 Å². The highest BCUT2D eigenvalue weighted by molar-refractivity contribution is 8.00. The van der Waals surface area contributed by atoms with Crippen LogP contribution in [0.4, 0.5) is 0 Å². The van der Waals surface area contributed by atoms with Gasteiger partial charge >= 0.3 is 5.97 Å². The topological polar surface area (TPSA) is 55.4 Å². The summed E-state index contributed by atoms with van der Waals surface area (Å²) in [5.41, 5.74) is 1.41. The van der Waals surface area contributed by atoms with E-state index in [-0.39, 0.29) is 18.3 Å². The molecule has 0 fully saturated rings. The first kappa shape index (κ1) is 18.9. The Bertz CT molecular complexity index is 586. The van der Waals surface area contributed by atoms with Gasteiger partial charge in [-0.15, -0.1) is 11.8 Å². The molecule has 0 spiro atoms. The standard InChI is InChI=1S/C18H22ClNO3S/c19-15-6-8-16(9-7-15)24-13-18(22)23-12-17(21)20-11-10-14-4-2-1-3-5-14/h4,6-9H,1-3,5,10-13H2,(H,20,21). The zero-order chi connectivity index (χ0) is 17.2. The van der Waals surface area contributed by atoms with Gasteiger partial charge in [0.1, 0.15) is 0 Å². The second-order valence-corrected chi connectivity index (χ2v) is 7.10. The lowest BCUT2D eigenvalue weighted by Crippen LogP contribution is -2.30. The highest BCUT2D eigenvalue weighted by atomic mass is 35.5. The zero-order valence-electron chi connectivity index (χ0n) is 13.6. The highest BCUT2D eigenvalue weighted by Crippen LogP contribution is 2.20. The van der Waals surface area contributed by atoms with Gasteiger partial charge in [0.2, 0.25) is 0 Å². The van der Waals surface area contributed by atoms with Crippen LogP contribution in [-0.2, 0) is 14.3 Å². The molecule has 0 radical (unpaired) electrons. The summed E-state index contributed by atoms with van der Waals surface area (Å²) in [4.78, 5) is 24.3. The van der Waals surface area contributed by atoms with Gasteiger partial charge in [-0.2, -0.15) is 0 Å². The summed E-state index contributed by atoms with van der Waals surface area (Å²) < 4.78 is 4.98. The molecule has 6 heteroatoms. The van der Waals surface area contributed by atoms with E-state index < -0.39 is 5.97 Å². The van der Waals surface area contributed by atoms with Gasteiger partial charge in [-0.05, 0) is 56.4 Å². The third kappa shape index (κ3) is 7.41. The highest BCUT2D eigenvalue weighted by Gasteiger charge is 2.09. The maximum absolute atomic E-state index is 11.7. The van der Waals surface area contributed by atoms with Crippen LogP contribution in [0.3, 0.4) is 0 Å². The average molecular weight is 368 g/mol. The molecule has 0 saturated carbocycles. The summed E-state index contributed by atoms with van der Waals surface area (Å²) in [6.45, 7) is 0.376. The molecule has 4 nitrogen and oxygen atoms in total. The quantitative estimate of drug-likeness (QED) is 0.429. The lowest BCUT2D eigenvalue weighted by Gasteiger charge is -2.13. The van der Waals surface area contributed by atoms with E-state index in [9.17, 15) is 9.59 Å². The van der Waals surface area contributed by atoms with Crippen LogP contribution in [-0.4, -0.2) is 30.8 Å². The Morgan fingerprint density at radius 3 is 2.71 bits per heavy atom. The molecule has 0 atom stereocenters. The number of amides is 1. The van der Waals surface area contributed by atoms with Crippen molar-refractivity contribution >= 4 is 35.2 Å². The molecule has 1 aliphatic carbocycles. The van der Waals surface area contributed by atoms with E-state index in [0.717, 1.165) is 24.2 Å². The molecule has 0 saturated heterocycles. The van der Waals surface area contributed by atoms with Gasteiger partial charge in [-0.25, -0.2) is 0 Å². The lowest BCUT2D eigenvalue weighted by atomic mass is 9.97. The van der Waals surface area contributed by atoms with Crippen LogP contribution in [0, 0.1) is 0 Å². The maximum atomic E-state index is 11.7. The number of hydrogen-bond donors (Lipinski definition) is 1. The molecule has 1 aromatic rings. The summed E-state index contributed by atoms with van der Waals surface area (Å²) in [5, 5.41) is 3.44. The Hall–Kier alpha value is -1.46. The van der Waals surface area contributed by atoms with Crippen molar-refractivity contribution in [3.8, 4) is 0 Å². The second-order valence-electron chi connectivity index (χ2n) is 5.61. The minimum atomic E-state index is -0.403. The maximum Gasteiger partial charge on any atom is 0.316 e. The molecule has 0 unspecified atom stereocenters. The molecule has 130 valence electrons. The number of carbonyl (C=O) groups excluding carboxylic acids is 2. The number of benzene rings is 1. The summed E-state index contributed by atoms with van der Waals surface area (Å²) in [6.07, 6.45) is 7.93. The minimum absolute atomic E-state index is 0.168. The molecule has 0 aromatic heterocycles. The van der Waals surface area contributed by atoms with Crippen LogP contribution in [0.2, 0.25) is 5.02 Å². The zero-order valence-corrected chi connectivity index (χ0v) is 15.1. The molecule has 0 aliphatic heterocycles. The van der Waals surface area contributed by atoms with Crippen molar-refractivity contribution in [2.75, 3.05) is 18.9 Å². The lowest BCUT2D eigenvalue weighted by molar-refractivity contribution is -0.145. The molecule has 2 rings (SSSR count). The summed E-state index contributed by atoms with van der Waals surface area (Å²) >= 11 is 7.15. The van der Waals surface area contributed by atoms with Gasteiger partial charge in [-0.1, -0.05) is 23.3 Å². The first-order chi connectivity index (χ1) is 11.6. The Morgan fingerprint density at radius 1 is 1.21 bits per heavy atom. The van der Waals surface area contributed by atoms with Crippen LogP contribution >= 0.6 is 23.4 Å². The number of rotatable bonds is 8. The van der Waals surface area contributed by atoms with Crippen molar-refractivity contribution in [3.05, 3.63) is 40.9 Å². The van der Waals surface area contributed by atoms with E-state index in [1.807, 2.05) is 12.1 Å². The van der Waals surface area contributed by atoms with Crippen molar-refractivity contribution in [1.82, 2.24) is 5.32 Å². The molecule has 1 amide bonds. The van der Waals surface area contributed by atoms with E-state index in [1.54, 1.807) is 12.1 Å². The molecular weight excluding hydrogens is 346 g/mol. The summed E-state index contributed by atoms with van der Waals surface area (Å²) in [5.74, 6) is -0.488. The fraction of sp³-hybridized carbons (Fsp3) is 0.444. The van der Waals surface area contributed by atoms with Gasteiger partial charge < -0.3 is 10.1 Å². The molecule has 1 aliphatic rings. The summed E-state index contributed by atoms with van der Waals surface area (Å²) in [6, 6.07) is 7.22. The number of hydrogen-bond acceptors (Lipinski definition) is 4. The monoisotopic (exact) mass is 367 g/mol. The molecule has 24 heavy (non-hydrogen) atoms. The fourth-order valence-electron chi connectivity index (χ4n) is 2.41. The van der Waals surface area contributed by atoms with Gasteiger partial charge in [0.05, 0.1) is 5.75 Å². The Kier molecular flexibility index (Phi) is 8.19. The van der Waals surface area contributed by atoms with E-state index in [4.69, 9.17) is 16.3 Å². The van der Waals surface area contributed by atoms with E-state index in [1.165, 1.54) is 30.2 Å². The number of halogens is 1. The number of ether oxygens (including phenoxy) is 1. The third-order valence-corrected chi connectivity index (χ3v) is 4.93. The van der Waals surface area contributed by atoms with Gasteiger partial charge in [0.25, 0.3) is 5.91 Å². The largest absolute Gasteiger partial charge is 0.455 e. The third-order valence-electron chi connectivity index (χ3n) is 3.69. The SMILES string of the molecule is O=C(COC(=O)CSc1ccc(Cl)cc1)NCCC1=CCCCC1. The Morgan fingerprint density at radius 2 is 2.00 bits per heavy atom. The first-order valence-electron chi connectivity index (χ1n) is 8.12. The van der Waals surface area contributed by atoms with E-state index in [0.29, 0.717) is 11.6 Å². The molecular formula is C18H22ClNO3S. The van der Waals surface area contributed by atoms with E-state index in [2.05, 4.69) is 11.4 Å². The first-order valence-corrected chi connectivity index (χ1v) is 9.48. The van der Waals surface area contributed by atoms with Gasteiger partial charge in [0, 0.05) is 16.5 Å². The van der Waals surface area contributed by atoms with Gasteiger partial charge in [0.15, 0.2) is 6.61 Å². The molecule has 0 bridgehead atoms. The minimum Gasteiger partial charge on any atom is -0.455 e. The number of nitrogens with one attached hydrogen (secondary N) is 1. The number of allylic oxidation sites excluding steroid dienone is 1. The molecule has 1 aromatic carbocycles.